The Morgan fingerprint density at radius 2 is 1.92 bits per heavy atom. The molecule has 4 aliphatic carbocycles. The molecule has 3 saturated carbocycles. The zero-order chi connectivity index (χ0) is 18.5. The summed E-state index contributed by atoms with van der Waals surface area (Å²) in [5.41, 5.74) is 1.68. The van der Waals surface area contributed by atoms with Gasteiger partial charge in [-0.15, -0.1) is 0 Å². The van der Waals surface area contributed by atoms with Gasteiger partial charge < -0.3 is 4.74 Å². The van der Waals surface area contributed by atoms with E-state index in [0.29, 0.717) is 22.6 Å². The van der Waals surface area contributed by atoms with Crippen LogP contribution in [0.15, 0.2) is 11.6 Å². The predicted molar refractivity (Wildman–Crippen MR) is 113 cm³/mol. The van der Waals surface area contributed by atoms with Crippen molar-refractivity contribution < 1.29 is 9.53 Å². The van der Waals surface area contributed by atoms with Crippen LogP contribution in [0.1, 0.15) is 58.3 Å². The summed E-state index contributed by atoms with van der Waals surface area (Å²) in [5, 5.41) is 0. The predicted octanol–water partition coefficient (Wildman–Crippen LogP) is 5.36. The number of rotatable bonds is 4. The van der Waals surface area contributed by atoms with Crippen LogP contribution in [0.25, 0.3) is 0 Å². The molecular formula is C22H34O2S2. The summed E-state index contributed by atoms with van der Waals surface area (Å²) in [5.74, 6) is 3.03. The normalized spacial score (nSPS) is 47.5. The van der Waals surface area contributed by atoms with E-state index in [1.54, 1.807) is 5.57 Å². The molecule has 2 nitrogen and oxygen atoms in total. The van der Waals surface area contributed by atoms with Crippen LogP contribution in [-0.4, -0.2) is 41.0 Å². The van der Waals surface area contributed by atoms with Crippen molar-refractivity contribution in [3.05, 3.63) is 11.6 Å². The van der Waals surface area contributed by atoms with Crippen molar-refractivity contribution in [1.82, 2.24) is 0 Å². The molecule has 4 aliphatic rings. The summed E-state index contributed by atoms with van der Waals surface area (Å²) in [7, 11) is 1.87. The fourth-order valence-corrected chi connectivity index (χ4v) is 10.2. The molecule has 7 atom stereocenters. The average Bonchev–Trinajstić information content (AvgIpc) is 3.07. The number of methoxy groups -OCH3 is 1. The van der Waals surface area contributed by atoms with Gasteiger partial charge in [0, 0.05) is 22.5 Å². The Labute approximate surface area is 167 Å². The van der Waals surface area contributed by atoms with Gasteiger partial charge in [-0.25, -0.2) is 0 Å². The first-order valence-electron chi connectivity index (χ1n) is 10.4. The molecule has 0 aromatic rings. The Kier molecular flexibility index (Phi) is 5.33. The number of allylic oxidation sites excluding steroid dienone is 1. The van der Waals surface area contributed by atoms with E-state index in [9.17, 15) is 4.79 Å². The molecule has 4 heteroatoms. The zero-order valence-electron chi connectivity index (χ0n) is 16.8. The highest BCUT2D eigenvalue weighted by atomic mass is 32.2. The van der Waals surface area contributed by atoms with Crippen LogP contribution in [0, 0.1) is 23.7 Å². The molecule has 4 rings (SSSR count). The number of ether oxygens (including phenoxy) is 1. The van der Waals surface area contributed by atoms with Gasteiger partial charge in [-0.05, 0) is 88.6 Å². The lowest BCUT2D eigenvalue weighted by Gasteiger charge is -2.58. The maximum absolute atomic E-state index is 12.4. The minimum absolute atomic E-state index is 0.224. The summed E-state index contributed by atoms with van der Waals surface area (Å²) in [6.07, 6.45) is 17.4. The highest BCUT2D eigenvalue weighted by Gasteiger charge is 2.62. The molecule has 0 N–H and O–H groups in total. The number of Topliss-reactive ketones (excluding diaryl/α,β-unsaturated/α-hetero) is 1. The van der Waals surface area contributed by atoms with E-state index < -0.39 is 0 Å². The minimum Gasteiger partial charge on any atom is -0.381 e. The second kappa shape index (κ2) is 7.15. The van der Waals surface area contributed by atoms with Gasteiger partial charge in [-0.3, -0.25) is 4.79 Å². The molecule has 0 aromatic carbocycles. The molecule has 0 aliphatic heterocycles. The summed E-state index contributed by atoms with van der Waals surface area (Å²) in [6, 6.07) is 0. The fraction of sp³-hybridized carbons (Fsp3) is 0.864. The van der Waals surface area contributed by atoms with Crippen LogP contribution in [0.2, 0.25) is 0 Å². The summed E-state index contributed by atoms with van der Waals surface area (Å²) >= 11 is 4.15. The number of carbonyl (C=O) groups excluding carboxylic acids is 1. The number of hydrogen-bond donors (Lipinski definition) is 0. The molecule has 0 spiro atoms. The Balaban J connectivity index is 1.68. The van der Waals surface area contributed by atoms with Crippen LogP contribution in [0.4, 0.5) is 0 Å². The smallest absolute Gasteiger partial charge is 0.134 e. The summed E-state index contributed by atoms with van der Waals surface area (Å²) < 4.78 is 6.29. The Bertz CT molecular complexity index is 603. The second-order valence-corrected chi connectivity index (χ2v) is 11.3. The summed E-state index contributed by atoms with van der Waals surface area (Å²) in [6.45, 7) is 1.84. The average molecular weight is 395 g/mol. The van der Waals surface area contributed by atoms with Gasteiger partial charge in [0.25, 0.3) is 0 Å². The molecule has 0 heterocycles. The first kappa shape index (κ1) is 19.4. The minimum atomic E-state index is 0.224. The first-order valence-corrected chi connectivity index (χ1v) is 12.8. The lowest BCUT2D eigenvalue weighted by Crippen LogP contribution is -2.56. The molecular weight excluding hydrogens is 360 g/mol. The van der Waals surface area contributed by atoms with Gasteiger partial charge in [0.2, 0.25) is 0 Å². The second-order valence-electron chi connectivity index (χ2n) is 8.97. The van der Waals surface area contributed by atoms with Crippen LogP contribution in [0.3, 0.4) is 0 Å². The third kappa shape index (κ3) is 2.61. The van der Waals surface area contributed by atoms with Gasteiger partial charge in [0.05, 0.1) is 6.10 Å². The lowest BCUT2D eigenvalue weighted by atomic mass is 9.55. The standard InChI is InChI=1S/C22H34O2S2/c1-14(23)18-7-8-19-17-6-5-15-13-16(24-2)9-11-21(15,25-3)20(17)10-12-22(18,19)26-4/h5,16-20H,6-13H2,1-4H3. The lowest BCUT2D eigenvalue weighted by molar-refractivity contribution is -0.121. The monoisotopic (exact) mass is 394 g/mol. The van der Waals surface area contributed by atoms with E-state index in [2.05, 4.69) is 30.3 Å². The Morgan fingerprint density at radius 3 is 2.58 bits per heavy atom. The highest BCUT2D eigenvalue weighted by molar-refractivity contribution is 8.00. The third-order valence-electron chi connectivity index (χ3n) is 8.50. The van der Waals surface area contributed by atoms with Crippen molar-refractivity contribution in [1.29, 1.82) is 0 Å². The quantitative estimate of drug-likeness (QED) is 0.600. The fourth-order valence-electron chi connectivity index (χ4n) is 7.36. The van der Waals surface area contributed by atoms with Crippen molar-refractivity contribution in [2.24, 2.45) is 23.7 Å². The topological polar surface area (TPSA) is 26.3 Å². The molecule has 3 fully saturated rings. The molecule has 146 valence electrons. The van der Waals surface area contributed by atoms with Crippen molar-refractivity contribution in [3.63, 3.8) is 0 Å². The van der Waals surface area contributed by atoms with E-state index in [0.717, 1.165) is 30.6 Å². The van der Waals surface area contributed by atoms with Gasteiger partial charge in [0.15, 0.2) is 0 Å². The first-order chi connectivity index (χ1) is 12.5. The molecule has 0 radical (unpaired) electrons. The van der Waals surface area contributed by atoms with Crippen molar-refractivity contribution in [3.8, 4) is 0 Å². The number of fused-ring (bicyclic) bond motifs is 5. The molecule has 7 unspecified atom stereocenters. The molecule has 26 heavy (non-hydrogen) atoms. The molecule has 0 amide bonds. The van der Waals surface area contributed by atoms with Crippen molar-refractivity contribution in [2.45, 2.75) is 73.9 Å². The largest absolute Gasteiger partial charge is 0.381 e. The number of ketones is 1. The van der Waals surface area contributed by atoms with Gasteiger partial charge in [-0.2, -0.15) is 23.5 Å². The summed E-state index contributed by atoms with van der Waals surface area (Å²) in [4.78, 5) is 12.4. The maximum Gasteiger partial charge on any atom is 0.134 e. The molecule has 0 bridgehead atoms. The van der Waals surface area contributed by atoms with Crippen LogP contribution < -0.4 is 0 Å². The van der Waals surface area contributed by atoms with Crippen molar-refractivity contribution >= 4 is 29.3 Å². The van der Waals surface area contributed by atoms with Crippen LogP contribution in [0.5, 0.6) is 0 Å². The van der Waals surface area contributed by atoms with Crippen LogP contribution >= 0.6 is 23.5 Å². The molecule has 0 aromatic heterocycles. The van der Waals surface area contributed by atoms with Crippen molar-refractivity contribution in [2.75, 3.05) is 19.6 Å². The Morgan fingerprint density at radius 1 is 1.12 bits per heavy atom. The number of thioether (sulfide) groups is 2. The SMILES string of the molecule is COC1CCC2(SC)C(=CCC3C2CCC2(SC)C(C(C)=O)CCC32)C1. The van der Waals surface area contributed by atoms with E-state index >= 15 is 0 Å². The number of carbonyl (C=O) groups is 1. The van der Waals surface area contributed by atoms with E-state index in [1.807, 2.05) is 25.8 Å². The van der Waals surface area contributed by atoms with E-state index in [-0.39, 0.29) is 4.75 Å². The van der Waals surface area contributed by atoms with Gasteiger partial charge in [0.1, 0.15) is 5.78 Å². The van der Waals surface area contributed by atoms with Gasteiger partial charge >= 0.3 is 0 Å². The maximum atomic E-state index is 12.4. The zero-order valence-corrected chi connectivity index (χ0v) is 18.4. The number of hydrogen-bond acceptors (Lipinski definition) is 4. The van der Waals surface area contributed by atoms with Crippen LogP contribution in [-0.2, 0) is 9.53 Å². The third-order valence-corrected chi connectivity index (χ3v) is 11.5. The van der Waals surface area contributed by atoms with Gasteiger partial charge in [-0.1, -0.05) is 11.6 Å². The highest BCUT2D eigenvalue weighted by Crippen LogP contribution is 2.66. The molecule has 0 saturated heterocycles. The Hall–Kier alpha value is 0.0700. The van der Waals surface area contributed by atoms with E-state index in [4.69, 9.17) is 4.74 Å². The van der Waals surface area contributed by atoms with E-state index in [1.165, 1.54) is 38.5 Å².